The predicted molar refractivity (Wildman–Crippen MR) is 91.3 cm³/mol. The molecular formula is C17H21N3O4. The van der Waals surface area contributed by atoms with Gasteiger partial charge in [-0.2, -0.15) is 0 Å². The Hall–Kier alpha value is -2.70. The van der Waals surface area contributed by atoms with Gasteiger partial charge in [-0.05, 0) is 24.8 Å². The van der Waals surface area contributed by atoms with Crippen molar-refractivity contribution in [2.75, 3.05) is 0 Å². The van der Waals surface area contributed by atoms with Gasteiger partial charge in [-0.15, -0.1) is 0 Å². The summed E-state index contributed by atoms with van der Waals surface area (Å²) in [5, 5.41) is 11.3. The van der Waals surface area contributed by atoms with Crippen LogP contribution in [0.25, 0.3) is 0 Å². The number of benzene rings is 1. The summed E-state index contributed by atoms with van der Waals surface area (Å²) in [4.78, 5) is 35.7. The number of aromatic nitrogens is 2. The van der Waals surface area contributed by atoms with Gasteiger partial charge in [0.15, 0.2) is 0 Å². The third-order valence-corrected chi connectivity index (χ3v) is 3.85. The quantitative estimate of drug-likeness (QED) is 0.599. The van der Waals surface area contributed by atoms with Gasteiger partial charge in [-0.25, -0.2) is 4.79 Å². The molecule has 0 aliphatic rings. The van der Waals surface area contributed by atoms with Crippen molar-refractivity contribution < 1.29 is 4.92 Å². The van der Waals surface area contributed by atoms with Crippen molar-refractivity contribution >= 4 is 5.69 Å². The lowest BCUT2D eigenvalue weighted by atomic mass is 10.1. The molecule has 2 aromatic rings. The van der Waals surface area contributed by atoms with E-state index in [1.165, 1.54) is 11.5 Å². The molecule has 7 heteroatoms. The van der Waals surface area contributed by atoms with Gasteiger partial charge < -0.3 is 0 Å². The lowest BCUT2D eigenvalue weighted by Gasteiger charge is -2.15. The number of nitro groups is 1. The van der Waals surface area contributed by atoms with Crippen LogP contribution in [0.1, 0.15) is 25.1 Å². The van der Waals surface area contributed by atoms with Gasteiger partial charge >= 0.3 is 16.9 Å². The zero-order chi connectivity index (χ0) is 17.9. The van der Waals surface area contributed by atoms with E-state index >= 15 is 0 Å². The largest absolute Gasteiger partial charge is 0.353 e. The van der Waals surface area contributed by atoms with E-state index in [2.05, 4.69) is 0 Å². The molecule has 0 radical (unpaired) electrons. The molecule has 1 heterocycles. The summed E-state index contributed by atoms with van der Waals surface area (Å²) >= 11 is 0. The van der Waals surface area contributed by atoms with Gasteiger partial charge in [-0.3, -0.25) is 24.0 Å². The average Bonchev–Trinajstić information content (AvgIpc) is 2.52. The second kappa shape index (κ2) is 7.25. The molecule has 0 amide bonds. The van der Waals surface area contributed by atoms with Crippen molar-refractivity contribution in [3.8, 4) is 0 Å². The lowest BCUT2D eigenvalue weighted by Crippen LogP contribution is -2.43. The van der Waals surface area contributed by atoms with E-state index in [0.29, 0.717) is 13.0 Å². The van der Waals surface area contributed by atoms with E-state index in [0.717, 1.165) is 10.1 Å². The molecule has 0 saturated carbocycles. The molecule has 0 saturated heterocycles. The number of hydrogen-bond donors (Lipinski definition) is 0. The highest BCUT2D eigenvalue weighted by molar-refractivity contribution is 5.32. The topological polar surface area (TPSA) is 87.1 Å². The second-order valence-electron chi connectivity index (χ2n) is 6.17. The van der Waals surface area contributed by atoms with Crippen LogP contribution in [0.4, 0.5) is 5.69 Å². The molecular weight excluding hydrogens is 310 g/mol. The summed E-state index contributed by atoms with van der Waals surface area (Å²) in [6.45, 7) is 5.72. The van der Waals surface area contributed by atoms with Crippen LogP contribution in [0, 0.1) is 23.0 Å². The third-order valence-electron chi connectivity index (χ3n) is 3.85. The summed E-state index contributed by atoms with van der Waals surface area (Å²) < 4.78 is 2.30. The Morgan fingerprint density at radius 3 is 2.29 bits per heavy atom. The molecule has 0 N–H and O–H groups in total. The SMILES string of the molecule is Cc1c([N+](=O)[O-])c(=O)n(CCc2ccccc2)c(=O)n1CC(C)C. The van der Waals surface area contributed by atoms with Gasteiger partial charge in [0.05, 0.1) is 4.92 Å². The van der Waals surface area contributed by atoms with Gasteiger partial charge in [0.1, 0.15) is 5.69 Å². The molecule has 0 fully saturated rings. The highest BCUT2D eigenvalue weighted by Crippen LogP contribution is 2.12. The van der Waals surface area contributed by atoms with Gasteiger partial charge in [0.25, 0.3) is 0 Å². The molecule has 7 nitrogen and oxygen atoms in total. The minimum absolute atomic E-state index is 0.111. The van der Waals surface area contributed by atoms with Crippen molar-refractivity contribution in [1.29, 1.82) is 0 Å². The molecule has 0 spiro atoms. The van der Waals surface area contributed by atoms with Crippen LogP contribution in [0.5, 0.6) is 0 Å². The van der Waals surface area contributed by atoms with E-state index in [4.69, 9.17) is 0 Å². The fourth-order valence-corrected chi connectivity index (χ4v) is 2.66. The van der Waals surface area contributed by atoms with Crippen molar-refractivity contribution in [2.24, 2.45) is 5.92 Å². The summed E-state index contributed by atoms with van der Waals surface area (Å²) in [6, 6.07) is 9.39. The number of hydrogen-bond acceptors (Lipinski definition) is 4. The van der Waals surface area contributed by atoms with Crippen LogP contribution in [0.2, 0.25) is 0 Å². The summed E-state index contributed by atoms with van der Waals surface area (Å²) in [5.41, 5.74) is -0.781. The molecule has 0 unspecified atom stereocenters. The standard InChI is InChI=1S/C17H21N3O4/c1-12(2)11-19-13(3)15(20(23)24)16(21)18(17(19)22)10-9-14-7-5-4-6-8-14/h4-8,12H,9-11H2,1-3H3. The van der Waals surface area contributed by atoms with Crippen LogP contribution in [-0.4, -0.2) is 14.1 Å². The fourth-order valence-electron chi connectivity index (χ4n) is 2.66. The second-order valence-corrected chi connectivity index (χ2v) is 6.17. The van der Waals surface area contributed by atoms with E-state index in [1.807, 2.05) is 44.2 Å². The Morgan fingerprint density at radius 2 is 1.75 bits per heavy atom. The van der Waals surface area contributed by atoms with Gasteiger partial charge in [0, 0.05) is 13.1 Å². The van der Waals surface area contributed by atoms with Crippen LogP contribution in [0.3, 0.4) is 0 Å². The maximum Gasteiger partial charge on any atom is 0.353 e. The summed E-state index contributed by atoms with van der Waals surface area (Å²) in [5.74, 6) is 0.126. The van der Waals surface area contributed by atoms with Gasteiger partial charge in [0.2, 0.25) is 0 Å². The lowest BCUT2D eigenvalue weighted by molar-refractivity contribution is -0.387. The van der Waals surface area contributed by atoms with Crippen LogP contribution in [0.15, 0.2) is 39.9 Å². The molecule has 0 aliphatic heterocycles. The minimum Gasteiger partial charge on any atom is -0.291 e. The Labute approximate surface area is 139 Å². The van der Waals surface area contributed by atoms with E-state index < -0.39 is 21.9 Å². The Kier molecular flexibility index (Phi) is 5.33. The molecule has 1 aromatic carbocycles. The first-order chi connectivity index (χ1) is 11.3. The normalized spacial score (nSPS) is 11.0. The van der Waals surface area contributed by atoms with E-state index in [-0.39, 0.29) is 18.2 Å². The summed E-state index contributed by atoms with van der Waals surface area (Å²) in [6.07, 6.45) is 0.456. The highest BCUT2D eigenvalue weighted by Gasteiger charge is 2.25. The molecule has 0 atom stereocenters. The first-order valence-corrected chi connectivity index (χ1v) is 7.85. The Morgan fingerprint density at radius 1 is 1.12 bits per heavy atom. The van der Waals surface area contributed by atoms with Crippen LogP contribution in [-0.2, 0) is 19.5 Å². The number of nitrogens with zero attached hydrogens (tertiary/aromatic N) is 3. The van der Waals surface area contributed by atoms with Crippen molar-refractivity contribution in [2.45, 2.75) is 40.3 Å². The Balaban J connectivity index is 2.53. The highest BCUT2D eigenvalue weighted by atomic mass is 16.6. The fraction of sp³-hybridized carbons (Fsp3) is 0.412. The average molecular weight is 331 g/mol. The first-order valence-electron chi connectivity index (χ1n) is 7.85. The minimum atomic E-state index is -0.835. The van der Waals surface area contributed by atoms with E-state index in [9.17, 15) is 19.7 Å². The molecule has 0 aliphatic carbocycles. The first kappa shape index (κ1) is 17.7. The molecule has 128 valence electrons. The number of rotatable bonds is 6. The monoisotopic (exact) mass is 331 g/mol. The maximum atomic E-state index is 12.6. The molecule has 2 rings (SSSR count). The predicted octanol–water partition coefficient (Wildman–Crippen LogP) is 2.13. The van der Waals surface area contributed by atoms with Crippen LogP contribution >= 0.6 is 0 Å². The van der Waals surface area contributed by atoms with Crippen molar-refractivity contribution in [3.63, 3.8) is 0 Å². The summed E-state index contributed by atoms with van der Waals surface area (Å²) in [7, 11) is 0. The van der Waals surface area contributed by atoms with Crippen LogP contribution < -0.4 is 11.2 Å². The van der Waals surface area contributed by atoms with E-state index in [1.54, 1.807) is 0 Å². The third kappa shape index (κ3) is 3.61. The van der Waals surface area contributed by atoms with Crippen molar-refractivity contribution in [1.82, 2.24) is 9.13 Å². The number of aryl methyl sites for hydroxylation is 1. The zero-order valence-electron chi connectivity index (χ0n) is 14.1. The zero-order valence-corrected chi connectivity index (χ0v) is 14.1. The smallest absolute Gasteiger partial charge is 0.291 e. The van der Waals surface area contributed by atoms with Gasteiger partial charge in [-0.1, -0.05) is 44.2 Å². The maximum absolute atomic E-state index is 12.6. The van der Waals surface area contributed by atoms with Crippen molar-refractivity contribution in [3.05, 3.63) is 72.5 Å². The molecule has 1 aromatic heterocycles. The molecule has 0 bridgehead atoms. The molecule has 24 heavy (non-hydrogen) atoms. The Bertz CT molecular complexity index is 851.